The number of hydrogen-bond donors (Lipinski definition) is 1. The molecule has 2 aromatic rings. The third kappa shape index (κ3) is 1.72. The molecule has 0 saturated carbocycles. The fraction of sp³-hybridized carbons (Fsp3) is 0.286. The molecule has 0 aliphatic carbocycles. The Labute approximate surface area is 100 Å². The van der Waals surface area contributed by atoms with Gasteiger partial charge in [-0.25, -0.2) is 0 Å². The summed E-state index contributed by atoms with van der Waals surface area (Å²) in [6.45, 7) is 3.03. The molecule has 2 heterocycles. The highest BCUT2D eigenvalue weighted by molar-refractivity contribution is 5.72. The number of para-hydroxylation sites is 1. The summed E-state index contributed by atoms with van der Waals surface area (Å²) in [7, 11) is 0. The van der Waals surface area contributed by atoms with Crippen molar-refractivity contribution in [3.8, 4) is 17.0 Å². The van der Waals surface area contributed by atoms with Crippen molar-refractivity contribution >= 4 is 0 Å². The van der Waals surface area contributed by atoms with Crippen LogP contribution in [0.1, 0.15) is 12.5 Å². The van der Waals surface area contributed by atoms with E-state index < -0.39 is 0 Å². The second-order valence-corrected chi connectivity index (χ2v) is 4.48. The van der Waals surface area contributed by atoms with Gasteiger partial charge in [0.1, 0.15) is 12.4 Å². The van der Waals surface area contributed by atoms with Crippen LogP contribution in [-0.2, 0) is 13.2 Å². The zero-order valence-electron chi connectivity index (χ0n) is 9.76. The molecule has 1 N–H and O–H groups in total. The maximum Gasteiger partial charge on any atom is 0.129 e. The van der Waals surface area contributed by atoms with E-state index in [1.807, 2.05) is 24.4 Å². The van der Waals surface area contributed by atoms with Crippen LogP contribution in [0, 0.1) is 0 Å². The van der Waals surface area contributed by atoms with Gasteiger partial charge in [-0.05, 0) is 25.1 Å². The zero-order valence-corrected chi connectivity index (χ0v) is 9.76. The number of ether oxygens (including phenoxy) is 1. The van der Waals surface area contributed by atoms with Crippen molar-refractivity contribution in [3.05, 3.63) is 42.1 Å². The Kier molecular flexibility index (Phi) is 2.41. The third-order valence-corrected chi connectivity index (χ3v) is 3.03. The second kappa shape index (κ2) is 3.93. The Balaban J connectivity index is 2.12. The Morgan fingerprint density at radius 3 is 3.00 bits per heavy atom. The first kappa shape index (κ1) is 10.4. The molecule has 3 rings (SSSR count). The molecule has 1 aromatic heterocycles. The summed E-state index contributed by atoms with van der Waals surface area (Å²) >= 11 is 0. The number of hydrogen-bond acceptors (Lipinski definition) is 2. The largest absolute Gasteiger partial charge is 0.488 e. The summed E-state index contributed by atoms with van der Waals surface area (Å²) in [4.78, 5) is 0. The monoisotopic (exact) mass is 229 g/mol. The van der Waals surface area contributed by atoms with Gasteiger partial charge in [0.15, 0.2) is 0 Å². The van der Waals surface area contributed by atoms with Crippen molar-refractivity contribution in [2.24, 2.45) is 0 Å². The van der Waals surface area contributed by atoms with Crippen LogP contribution >= 0.6 is 0 Å². The van der Waals surface area contributed by atoms with Gasteiger partial charge in [0.05, 0.1) is 11.8 Å². The first-order valence-corrected chi connectivity index (χ1v) is 5.84. The Hall–Kier alpha value is -1.74. The minimum atomic E-state index is -0.346. The summed E-state index contributed by atoms with van der Waals surface area (Å²) in [5.41, 5.74) is 3.47. The number of aliphatic hydroxyl groups excluding tert-OH is 1. The Morgan fingerprint density at radius 2 is 2.18 bits per heavy atom. The zero-order chi connectivity index (χ0) is 11.8. The van der Waals surface area contributed by atoms with Gasteiger partial charge in [-0.1, -0.05) is 12.1 Å². The summed E-state index contributed by atoms with van der Waals surface area (Å²) in [6, 6.07) is 10.1. The van der Waals surface area contributed by atoms with Crippen LogP contribution in [0.25, 0.3) is 11.3 Å². The molecule has 0 unspecified atom stereocenters. The number of fused-ring (bicyclic) bond motifs is 3. The molecule has 88 valence electrons. The molecule has 1 aromatic carbocycles. The number of aliphatic hydroxyl groups is 1. The standard InChI is InChI=1S/C14H15NO2/c1-10(16)8-15-7-6-11-9-17-13-5-3-2-4-12(13)14(11)15/h2-7,10,16H,8-9H2,1H3/t10-/m1/s1. The van der Waals surface area contributed by atoms with Gasteiger partial charge in [0, 0.05) is 23.9 Å². The lowest BCUT2D eigenvalue weighted by Gasteiger charge is -2.20. The first-order chi connectivity index (χ1) is 8.25. The fourth-order valence-corrected chi connectivity index (χ4v) is 2.34. The molecule has 0 bridgehead atoms. The molecule has 3 heteroatoms. The second-order valence-electron chi connectivity index (χ2n) is 4.48. The molecule has 0 radical (unpaired) electrons. The molecule has 1 atom stereocenters. The molecular formula is C14H15NO2. The maximum atomic E-state index is 9.52. The van der Waals surface area contributed by atoms with Crippen molar-refractivity contribution in [2.45, 2.75) is 26.2 Å². The fourth-order valence-electron chi connectivity index (χ4n) is 2.34. The summed E-state index contributed by atoms with van der Waals surface area (Å²) in [6.07, 6.45) is 1.67. The van der Waals surface area contributed by atoms with Gasteiger partial charge in [0.25, 0.3) is 0 Å². The van der Waals surface area contributed by atoms with Crippen molar-refractivity contribution in [1.82, 2.24) is 4.57 Å². The smallest absolute Gasteiger partial charge is 0.129 e. The summed E-state index contributed by atoms with van der Waals surface area (Å²) < 4.78 is 7.79. The molecule has 17 heavy (non-hydrogen) atoms. The normalized spacial score (nSPS) is 14.7. The molecule has 0 spiro atoms. The van der Waals surface area contributed by atoms with E-state index in [9.17, 15) is 5.11 Å². The average molecular weight is 229 g/mol. The van der Waals surface area contributed by atoms with Crippen LogP contribution in [0.5, 0.6) is 5.75 Å². The number of rotatable bonds is 2. The first-order valence-electron chi connectivity index (χ1n) is 5.84. The molecule has 1 aliphatic rings. The predicted octanol–water partition coefficient (Wildman–Crippen LogP) is 2.43. The van der Waals surface area contributed by atoms with E-state index >= 15 is 0 Å². The lowest BCUT2D eigenvalue weighted by Crippen LogP contribution is -2.14. The van der Waals surface area contributed by atoms with E-state index in [2.05, 4.69) is 16.7 Å². The predicted molar refractivity (Wildman–Crippen MR) is 65.9 cm³/mol. The Morgan fingerprint density at radius 1 is 1.35 bits per heavy atom. The minimum absolute atomic E-state index is 0.346. The van der Waals surface area contributed by atoms with Crippen LogP contribution in [0.3, 0.4) is 0 Å². The van der Waals surface area contributed by atoms with E-state index in [-0.39, 0.29) is 6.10 Å². The van der Waals surface area contributed by atoms with E-state index in [0.717, 1.165) is 11.3 Å². The molecule has 0 saturated heterocycles. The number of aromatic nitrogens is 1. The lowest BCUT2D eigenvalue weighted by molar-refractivity contribution is 0.174. The highest BCUT2D eigenvalue weighted by Crippen LogP contribution is 2.37. The molecule has 0 amide bonds. The topological polar surface area (TPSA) is 34.4 Å². The van der Waals surface area contributed by atoms with Crippen LogP contribution in [0.15, 0.2) is 36.5 Å². The average Bonchev–Trinajstić information content (AvgIpc) is 2.72. The summed E-state index contributed by atoms with van der Waals surface area (Å²) in [5, 5.41) is 9.52. The molecular weight excluding hydrogens is 214 g/mol. The van der Waals surface area contributed by atoms with Gasteiger partial charge >= 0.3 is 0 Å². The highest BCUT2D eigenvalue weighted by atomic mass is 16.5. The third-order valence-electron chi connectivity index (χ3n) is 3.03. The van der Waals surface area contributed by atoms with E-state index in [1.54, 1.807) is 6.92 Å². The van der Waals surface area contributed by atoms with E-state index in [4.69, 9.17) is 4.74 Å². The van der Waals surface area contributed by atoms with Crippen molar-refractivity contribution in [1.29, 1.82) is 0 Å². The quantitative estimate of drug-likeness (QED) is 0.858. The van der Waals surface area contributed by atoms with Crippen LogP contribution in [-0.4, -0.2) is 15.8 Å². The van der Waals surface area contributed by atoms with E-state index in [1.165, 1.54) is 11.3 Å². The maximum absolute atomic E-state index is 9.52. The van der Waals surface area contributed by atoms with Crippen LogP contribution in [0.4, 0.5) is 0 Å². The van der Waals surface area contributed by atoms with Crippen molar-refractivity contribution in [3.63, 3.8) is 0 Å². The SMILES string of the molecule is C[C@@H](O)Cn1ccc2c1-c1ccccc1OC2. The molecule has 0 fully saturated rings. The molecule has 3 nitrogen and oxygen atoms in total. The molecule has 1 aliphatic heterocycles. The minimum Gasteiger partial charge on any atom is -0.488 e. The van der Waals surface area contributed by atoms with Crippen molar-refractivity contribution in [2.75, 3.05) is 0 Å². The van der Waals surface area contributed by atoms with E-state index in [0.29, 0.717) is 13.2 Å². The van der Waals surface area contributed by atoms with Gasteiger partial charge < -0.3 is 14.4 Å². The summed E-state index contributed by atoms with van der Waals surface area (Å²) in [5.74, 6) is 0.922. The van der Waals surface area contributed by atoms with Gasteiger partial charge in [-0.15, -0.1) is 0 Å². The lowest BCUT2D eigenvalue weighted by atomic mass is 10.0. The Bertz CT molecular complexity index is 543. The highest BCUT2D eigenvalue weighted by Gasteiger charge is 2.20. The van der Waals surface area contributed by atoms with Gasteiger partial charge in [0.2, 0.25) is 0 Å². The van der Waals surface area contributed by atoms with Crippen LogP contribution in [0.2, 0.25) is 0 Å². The number of benzene rings is 1. The number of nitrogens with zero attached hydrogens (tertiary/aromatic N) is 1. The van der Waals surface area contributed by atoms with Crippen molar-refractivity contribution < 1.29 is 9.84 Å². The van der Waals surface area contributed by atoms with Gasteiger partial charge in [-0.2, -0.15) is 0 Å². The van der Waals surface area contributed by atoms with Crippen LogP contribution < -0.4 is 4.74 Å². The van der Waals surface area contributed by atoms with Gasteiger partial charge in [-0.3, -0.25) is 0 Å².